The number of anilines is 1. The van der Waals surface area contributed by atoms with Gasteiger partial charge in [-0.1, -0.05) is 46.8 Å². The largest absolute Gasteiger partial charge is 0.493 e. The Bertz CT molecular complexity index is 1050. The third-order valence-electron chi connectivity index (χ3n) is 4.03. The Morgan fingerprint density at radius 2 is 1.77 bits per heavy atom. The Balaban J connectivity index is 1.59. The summed E-state index contributed by atoms with van der Waals surface area (Å²) < 4.78 is 16.7. The molecule has 1 N–H and O–H groups in total. The number of rotatable bonds is 9. The Hall–Kier alpha value is -2.75. The molecule has 0 aliphatic rings. The van der Waals surface area contributed by atoms with Crippen LogP contribution in [0.3, 0.4) is 0 Å². The summed E-state index contributed by atoms with van der Waals surface area (Å²) in [5.74, 6) is 1.92. The maximum atomic E-state index is 12.3. The number of methoxy groups -OCH3 is 3. The van der Waals surface area contributed by atoms with E-state index in [-0.39, 0.29) is 5.91 Å². The highest BCUT2D eigenvalue weighted by Gasteiger charge is 2.12. The number of nitrogens with one attached hydrogen (secondary N) is 1. The van der Waals surface area contributed by atoms with Gasteiger partial charge in [0.05, 0.1) is 21.3 Å². The molecular weight excluding hydrogens is 458 g/mol. The van der Waals surface area contributed by atoms with E-state index >= 15 is 0 Å². The van der Waals surface area contributed by atoms with E-state index in [2.05, 4.69) is 15.5 Å². The van der Waals surface area contributed by atoms with Crippen LogP contribution in [0, 0.1) is 0 Å². The number of nitrogens with zero attached hydrogens (tertiary/aromatic N) is 2. The summed E-state index contributed by atoms with van der Waals surface area (Å²) in [7, 11) is 4.61. The molecule has 0 unspecified atom stereocenters. The smallest absolute Gasteiger partial charge is 0.250 e. The minimum atomic E-state index is -0.320. The van der Waals surface area contributed by atoms with Crippen molar-refractivity contribution in [1.29, 1.82) is 0 Å². The van der Waals surface area contributed by atoms with Gasteiger partial charge in [0.2, 0.25) is 16.8 Å². The molecule has 0 radical (unpaired) electrons. The van der Waals surface area contributed by atoms with Crippen molar-refractivity contribution in [3.63, 3.8) is 0 Å². The van der Waals surface area contributed by atoms with Crippen molar-refractivity contribution in [3.8, 4) is 17.2 Å². The monoisotopic (exact) mass is 477 g/mol. The van der Waals surface area contributed by atoms with Crippen LogP contribution in [0.25, 0.3) is 6.08 Å². The summed E-state index contributed by atoms with van der Waals surface area (Å²) in [6.45, 7) is 0. The van der Waals surface area contributed by atoms with Crippen molar-refractivity contribution < 1.29 is 19.0 Å². The lowest BCUT2D eigenvalue weighted by atomic mass is 10.1. The van der Waals surface area contributed by atoms with Crippen LogP contribution >= 0.6 is 34.7 Å². The van der Waals surface area contributed by atoms with Crippen LogP contribution in [0.5, 0.6) is 17.2 Å². The normalized spacial score (nSPS) is 10.8. The van der Waals surface area contributed by atoms with E-state index in [1.165, 1.54) is 38.7 Å². The first-order valence-electron chi connectivity index (χ1n) is 9.02. The highest BCUT2D eigenvalue weighted by molar-refractivity contribution is 8.00. The standard InChI is InChI=1S/C21H20ClN3O4S2/c1-27-16-10-14(11-17(28-2)19(16)29-3)6-9-18(26)23-20-24-25-21(31-20)30-12-13-4-7-15(22)8-5-13/h4-11H,12H2,1-3H3,(H,23,24,26)/b9-6+. The molecule has 0 saturated carbocycles. The highest BCUT2D eigenvalue weighted by atomic mass is 35.5. The Morgan fingerprint density at radius 3 is 2.39 bits per heavy atom. The molecule has 0 atom stereocenters. The zero-order chi connectivity index (χ0) is 22.2. The van der Waals surface area contributed by atoms with E-state index in [4.69, 9.17) is 25.8 Å². The van der Waals surface area contributed by atoms with Gasteiger partial charge in [0, 0.05) is 16.9 Å². The fourth-order valence-corrected chi connectivity index (χ4v) is 4.40. The highest BCUT2D eigenvalue weighted by Crippen LogP contribution is 2.38. The van der Waals surface area contributed by atoms with Crippen LogP contribution in [-0.4, -0.2) is 37.4 Å². The lowest BCUT2D eigenvalue weighted by Crippen LogP contribution is -2.07. The van der Waals surface area contributed by atoms with Gasteiger partial charge in [0.15, 0.2) is 15.8 Å². The SMILES string of the molecule is COc1cc(/C=C/C(=O)Nc2nnc(SCc3ccc(Cl)cc3)s2)cc(OC)c1OC. The van der Waals surface area contributed by atoms with E-state index in [0.29, 0.717) is 27.4 Å². The molecule has 1 aromatic heterocycles. The molecule has 0 aliphatic heterocycles. The molecule has 3 rings (SSSR count). The minimum absolute atomic E-state index is 0.320. The molecule has 0 saturated heterocycles. The number of ether oxygens (including phenoxy) is 3. The molecule has 0 fully saturated rings. The van der Waals surface area contributed by atoms with Crippen LogP contribution in [-0.2, 0) is 10.5 Å². The van der Waals surface area contributed by atoms with E-state index < -0.39 is 0 Å². The van der Waals surface area contributed by atoms with Crippen molar-refractivity contribution in [2.75, 3.05) is 26.6 Å². The summed E-state index contributed by atoms with van der Waals surface area (Å²) in [6, 6.07) is 11.1. The van der Waals surface area contributed by atoms with Crippen molar-refractivity contribution in [3.05, 3.63) is 58.6 Å². The van der Waals surface area contributed by atoms with Crippen LogP contribution in [0.15, 0.2) is 46.8 Å². The minimum Gasteiger partial charge on any atom is -0.493 e. The number of aromatic nitrogens is 2. The average Bonchev–Trinajstić information content (AvgIpc) is 3.23. The van der Waals surface area contributed by atoms with Gasteiger partial charge < -0.3 is 14.2 Å². The van der Waals surface area contributed by atoms with Crippen molar-refractivity contribution in [1.82, 2.24) is 10.2 Å². The van der Waals surface area contributed by atoms with Crippen LogP contribution in [0.1, 0.15) is 11.1 Å². The van der Waals surface area contributed by atoms with Crippen LogP contribution < -0.4 is 19.5 Å². The average molecular weight is 478 g/mol. The molecule has 3 aromatic rings. The summed E-state index contributed by atoms with van der Waals surface area (Å²) in [5, 5.41) is 12.0. The predicted molar refractivity (Wildman–Crippen MR) is 125 cm³/mol. The van der Waals surface area contributed by atoms with Crippen molar-refractivity contribution in [2.45, 2.75) is 10.1 Å². The number of halogens is 1. The third kappa shape index (κ3) is 6.36. The van der Waals surface area contributed by atoms with Crippen molar-refractivity contribution >= 4 is 51.8 Å². The van der Waals surface area contributed by atoms with Crippen molar-refractivity contribution in [2.24, 2.45) is 0 Å². The number of benzene rings is 2. The van der Waals surface area contributed by atoms with E-state index in [1.807, 2.05) is 24.3 Å². The van der Waals surface area contributed by atoms with Gasteiger partial charge in [-0.25, -0.2) is 0 Å². The molecular formula is C21H20ClN3O4S2. The second-order valence-electron chi connectivity index (χ2n) is 6.07. The first-order chi connectivity index (χ1) is 15.0. The number of carbonyl (C=O) groups excluding carboxylic acids is 1. The summed E-state index contributed by atoms with van der Waals surface area (Å²) >= 11 is 8.76. The fraction of sp³-hybridized carbons (Fsp3) is 0.190. The fourth-order valence-electron chi connectivity index (χ4n) is 2.56. The Morgan fingerprint density at radius 1 is 1.10 bits per heavy atom. The molecule has 2 aromatic carbocycles. The molecule has 0 spiro atoms. The molecule has 7 nitrogen and oxygen atoms in total. The van der Waals surface area contributed by atoms with Crippen LogP contribution in [0.4, 0.5) is 5.13 Å². The van der Waals surface area contributed by atoms with Gasteiger partial charge in [-0.05, 0) is 41.5 Å². The second kappa shape index (κ2) is 11.0. The number of hydrogen-bond donors (Lipinski definition) is 1. The molecule has 162 valence electrons. The number of hydrogen-bond acceptors (Lipinski definition) is 8. The first-order valence-corrected chi connectivity index (χ1v) is 11.2. The summed E-state index contributed by atoms with van der Waals surface area (Å²) in [6.07, 6.45) is 3.06. The van der Waals surface area contributed by atoms with E-state index in [9.17, 15) is 4.79 Å². The van der Waals surface area contributed by atoms with E-state index in [0.717, 1.165) is 21.2 Å². The van der Waals surface area contributed by atoms with Gasteiger partial charge in [-0.3, -0.25) is 10.1 Å². The Kier molecular flexibility index (Phi) is 8.16. The zero-order valence-electron chi connectivity index (χ0n) is 17.0. The predicted octanol–water partition coefficient (Wildman–Crippen LogP) is 5.16. The number of amides is 1. The van der Waals surface area contributed by atoms with Gasteiger partial charge in [-0.2, -0.15) is 0 Å². The third-order valence-corrected chi connectivity index (χ3v) is 6.32. The van der Waals surface area contributed by atoms with Gasteiger partial charge in [0.1, 0.15) is 0 Å². The summed E-state index contributed by atoms with van der Waals surface area (Å²) in [4.78, 5) is 12.3. The van der Waals surface area contributed by atoms with Gasteiger partial charge in [0.25, 0.3) is 0 Å². The maximum Gasteiger partial charge on any atom is 0.250 e. The van der Waals surface area contributed by atoms with Crippen LogP contribution in [0.2, 0.25) is 5.02 Å². The first kappa shape index (κ1) is 22.9. The quantitative estimate of drug-likeness (QED) is 0.259. The number of thioether (sulfide) groups is 1. The Labute approximate surface area is 193 Å². The lowest BCUT2D eigenvalue weighted by Gasteiger charge is -2.12. The molecule has 0 bridgehead atoms. The topological polar surface area (TPSA) is 82.6 Å². The summed E-state index contributed by atoms with van der Waals surface area (Å²) in [5.41, 5.74) is 1.85. The molecule has 10 heteroatoms. The molecule has 31 heavy (non-hydrogen) atoms. The lowest BCUT2D eigenvalue weighted by molar-refractivity contribution is -0.111. The maximum absolute atomic E-state index is 12.3. The second-order valence-corrected chi connectivity index (χ2v) is 8.71. The van der Waals surface area contributed by atoms with E-state index in [1.54, 1.807) is 30.0 Å². The number of carbonyl (C=O) groups is 1. The molecule has 1 heterocycles. The van der Waals surface area contributed by atoms with Gasteiger partial charge in [-0.15, -0.1) is 10.2 Å². The molecule has 0 aliphatic carbocycles. The van der Waals surface area contributed by atoms with Gasteiger partial charge >= 0.3 is 0 Å². The molecule has 1 amide bonds. The zero-order valence-corrected chi connectivity index (χ0v) is 19.4.